The van der Waals surface area contributed by atoms with Gasteiger partial charge in [-0.05, 0) is 57.8 Å². The number of nitrogens with one attached hydrogen (secondary N) is 2. The molecule has 3 N–H and O–H groups in total. The zero-order chi connectivity index (χ0) is 22.1. The van der Waals surface area contributed by atoms with Crippen LogP contribution in [0.3, 0.4) is 0 Å². The van der Waals surface area contributed by atoms with E-state index in [1.807, 2.05) is 39.2 Å². The Bertz CT molecular complexity index is 803. The van der Waals surface area contributed by atoms with E-state index in [1.54, 1.807) is 39.5 Å². The van der Waals surface area contributed by atoms with Crippen molar-refractivity contribution in [1.82, 2.24) is 15.5 Å². The molecule has 0 fully saturated rings. The van der Waals surface area contributed by atoms with Crippen LogP contribution in [0.1, 0.15) is 31.2 Å². The summed E-state index contributed by atoms with van der Waals surface area (Å²) >= 11 is 0. The van der Waals surface area contributed by atoms with Crippen LogP contribution in [-0.4, -0.2) is 63.9 Å². The van der Waals surface area contributed by atoms with Crippen LogP contribution in [0.2, 0.25) is 0 Å². The Kier molecular flexibility index (Phi) is 8.56. The maximum atomic E-state index is 10.7. The van der Waals surface area contributed by atoms with E-state index in [9.17, 15) is 5.11 Å². The largest absolute Gasteiger partial charge is 0.493 e. The lowest BCUT2D eigenvalue weighted by molar-refractivity contribution is 0.0437. The Balaban J connectivity index is 2.13. The van der Waals surface area contributed by atoms with Crippen molar-refractivity contribution in [1.29, 1.82) is 0 Å². The van der Waals surface area contributed by atoms with Crippen molar-refractivity contribution in [2.24, 2.45) is 4.99 Å². The predicted molar refractivity (Wildman–Crippen MR) is 118 cm³/mol. The van der Waals surface area contributed by atoms with Gasteiger partial charge in [0.1, 0.15) is 11.4 Å². The fourth-order valence-corrected chi connectivity index (χ4v) is 3.09. The number of guanidine groups is 1. The third-order valence-corrected chi connectivity index (χ3v) is 4.82. The second-order valence-electron chi connectivity index (χ2n) is 7.42. The molecule has 0 saturated heterocycles. The van der Waals surface area contributed by atoms with Crippen molar-refractivity contribution >= 4 is 5.96 Å². The van der Waals surface area contributed by atoms with Crippen molar-refractivity contribution in [3.63, 3.8) is 0 Å². The summed E-state index contributed by atoms with van der Waals surface area (Å²) in [7, 11) is 7.30. The Morgan fingerprint density at radius 1 is 1.20 bits per heavy atom. The molecule has 0 radical (unpaired) electrons. The Morgan fingerprint density at radius 2 is 1.93 bits per heavy atom. The van der Waals surface area contributed by atoms with Gasteiger partial charge in [-0.15, -0.1) is 0 Å². The Morgan fingerprint density at radius 3 is 2.50 bits per heavy atom. The molecular formula is C22H34N4O4. The van der Waals surface area contributed by atoms with E-state index in [2.05, 4.69) is 20.5 Å². The monoisotopic (exact) mass is 418 g/mol. The van der Waals surface area contributed by atoms with Crippen LogP contribution in [0.15, 0.2) is 46.0 Å². The van der Waals surface area contributed by atoms with Crippen molar-refractivity contribution in [2.75, 3.05) is 47.9 Å². The second-order valence-corrected chi connectivity index (χ2v) is 7.42. The van der Waals surface area contributed by atoms with Gasteiger partial charge in [-0.3, -0.25) is 0 Å². The van der Waals surface area contributed by atoms with E-state index in [1.165, 1.54) is 0 Å². The van der Waals surface area contributed by atoms with Crippen molar-refractivity contribution in [3.05, 3.63) is 47.9 Å². The number of nitrogens with zero attached hydrogens (tertiary/aromatic N) is 2. The minimum absolute atomic E-state index is 0.0687. The Labute approximate surface area is 178 Å². The van der Waals surface area contributed by atoms with E-state index in [-0.39, 0.29) is 12.6 Å². The summed E-state index contributed by atoms with van der Waals surface area (Å²) in [6.07, 6.45) is 1.54. The SMILES string of the molecule is CCNC(=NCC(C)(O)c1ccco1)NCC(c1ccc(OC)c(OC)c1)N(C)C. The molecule has 8 heteroatoms. The number of ether oxygens (including phenoxy) is 2. The smallest absolute Gasteiger partial charge is 0.191 e. The second kappa shape index (κ2) is 10.9. The van der Waals surface area contributed by atoms with E-state index in [0.29, 0.717) is 36.3 Å². The highest BCUT2D eigenvalue weighted by molar-refractivity contribution is 5.79. The minimum atomic E-state index is -1.18. The summed E-state index contributed by atoms with van der Waals surface area (Å²) in [5, 5.41) is 17.2. The molecule has 0 bridgehead atoms. The molecule has 0 amide bonds. The molecule has 1 heterocycles. The summed E-state index contributed by atoms with van der Waals surface area (Å²) in [6, 6.07) is 9.48. The molecule has 30 heavy (non-hydrogen) atoms. The number of likely N-dealkylation sites (N-methyl/N-ethyl adjacent to an activating group) is 1. The molecule has 2 atom stereocenters. The predicted octanol–water partition coefficient (Wildman–Crippen LogP) is 2.36. The molecule has 0 saturated carbocycles. The third kappa shape index (κ3) is 6.14. The number of rotatable bonds is 10. The zero-order valence-electron chi connectivity index (χ0n) is 18.7. The lowest BCUT2D eigenvalue weighted by Gasteiger charge is -2.27. The van der Waals surface area contributed by atoms with E-state index < -0.39 is 5.60 Å². The lowest BCUT2D eigenvalue weighted by Crippen LogP contribution is -2.42. The Hall–Kier alpha value is -2.71. The van der Waals surface area contributed by atoms with Crippen LogP contribution in [0.4, 0.5) is 0 Å². The molecule has 2 rings (SSSR count). The number of methoxy groups -OCH3 is 2. The first kappa shape index (κ1) is 23.6. The normalized spacial score (nSPS) is 14.9. The van der Waals surface area contributed by atoms with Gasteiger partial charge in [0, 0.05) is 13.1 Å². The molecule has 2 unspecified atom stereocenters. The van der Waals surface area contributed by atoms with Crippen LogP contribution in [0.5, 0.6) is 11.5 Å². The highest BCUT2D eigenvalue weighted by Gasteiger charge is 2.26. The quantitative estimate of drug-likeness (QED) is 0.403. The maximum Gasteiger partial charge on any atom is 0.191 e. The molecule has 0 aliphatic carbocycles. The number of aliphatic imine (C=N–C) groups is 1. The van der Waals surface area contributed by atoms with Crippen LogP contribution in [-0.2, 0) is 5.60 Å². The summed E-state index contributed by atoms with van der Waals surface area (Å²) in [6.45, 7) is 5.17. The standard InChI is InChI=1S/C22H34N4O4/c1-7-23-21(25-15-22(2,27)20-9-8-12-30-20)24-14-17(26(3)4)16-10-11-18(28-5)19(13-16)29-6/h8-13,17,27H,7,14-15H2,1-6H3,(H2,23,24,25). The van der Waals surface area contributed by atoms with Crippen LogP contribution in [0, 0.1) is 0 Å². The summed E-state index contributed by atoms with van der Waals surface area (Å²) in [5.41, 5.74) is -0.0977. The van der Waals surface area contributed by atoms with Gasteiger partial charge >= 0.3 is 0 Å². The zero-order valence-corrected chi connectivity index (χ0v) is 18.7. The number of hydrogen-bond acceptors (Lipinski definition) is 6. The van der Waals surface area contributed by atoms with Gasteiger partial charge in [0.05, 0.1) is 33.1 Å². The number of hydrogen-bond donors (Lipinski definition) is 3. The van der Waals surface area contributed by atoms with Crippen molar-refractivity contribution in [3.8, 4) is 11.5 Å². The van der Waals surface area contributed by atoms with E-state index >= 15 is 0 Å². The maximum absolute atomic E-state index is 10.7. The first-order valence-corrected chi connectivity index (χ1v) is 9.99. The molecular weight excluding hydrogens is 384 g/mol. The lowest BCUT2D eigenvalue weighted by atomic mass is 10.0. The molecule has 2 aromatic rings. The first-order valence-electron chi connectivity index (χ1n) is 9.99. The fraction of sp³-hybridized carbons (Fsp3) is 0.500. The molecule has 1 aromatic carbocycles. The van der Waals surface area contributed by atoms with Crippen molar-refractivity contribution < 1.29 is 19.0 Å². The van der Waals surface area contributed by atoms with E-state index in [0.717, 1.165) is 5.56 Å². The number of aliphatic hydroxyl groups is 1. The van der Waals surface area contributed by atoms with Crippen LogP contribution >= 0.6 is 0 Å². The molecule has 0 aliphatic rings. The van der Waals surface area contributed by atoms with Crippen molar-refractivity contribution in [2.45, 2.75) is 25.5 Å². The van der Waals surface area contributed by atoms with Crippen LogP contribution in [0.25, 0.3) is 0 Å². The van der Waals surface area contributed by atoms with Gasteiger partial charge in [-0.25, -0.2) is 4.99 Å². The topological polar surface area (TPSA) is 91.5 Å². The number of furan rings is 1. The fourth-order valence-electron chi connectivity index (χ4n) is 3.09. The van der Waals surface area contributed by atoms with Gasteiger partial charge in [-0.2, -0.15) is 0 Å². The molecule has 0 aliphatic heterocycles. The van der Waals surface area contributed by atoms with Gasteiger partial charge in [-0.1, -0.05) is 6.07 Å². The number of benzene rings is 1. The van der Waals surface area contributed by atoms with Gasteiger partial charge in [0.15, 0.2) is 17.5 Å². The molecule has 1 aromatic heterocycles. The molecule has 8 nitrogen and oxygen atoms in total. The van der Waals surface area contributed by atoms with Crippen LogP contribution < -0.4 is 20.1 Å². The summed E-state index contributed by atoms with van der Waals surface area (Å²) in [5.74, 6) is 2.49. The molecule has 0 spiro atoms. The third-order valence-electron chi connectivity index (χ3n) is 4.82. The van der Waals surface area contributed by atoms with Gasteiger partial charge < -0.3 is 34.5 Å². The highest BCUT2D eigenvalue weighted by atomic mass is 16.5. The van der Waals surface area contributed by atoms with Gasteiger partial charge in [0.2, 0.25) is 0 Å². The minimum Gasteiger partial charge on any atom is -0.493 e. The van der Waals surface area contributed by atoms with E-state index in [4.69, 9.17) is 13.9 Å². The average Bonchev–Trinajstić information content (AvgIpc) is 3.27. The average molecular weight is 419 g/mol. The summed E-state index contributed by atoms with van der Waals surface area (Å²) in [4.78, 5) is 6.67. The highest BCUT2D eigenvalue weighted by Crippen LogP contribution is 2.31. The van der Waals surface area contributed by atoms with Gasteiger partial charge in [0.25, 0.3) is 0 Å². The molecule has 166 valence electrons. The first-order chi connectivity index (χ1) is 14.3. The summed E-state index contributed by atoms with van der Waals surface area (Å²) < 4.78 is 16.1.